The number of nitrogens with zero attached hydrogens (tertiary/aromatic N) is 6. The van der Waals surface area contributed by atoms with Gasteiger partial charge in [0.15, 0.2) is 5.82 Å². The number of benzene rings is 2. The molecule has 0 spiro atoms. The largest absolute Gasteiger partial charge is 0.334 e. The van der Waals surface area contributed by atoms with Gasteiger partial charge >= 0.3 is 0 Å². The lowest BCUT2D eigenvalue weighted by atomic mass is 9.97. The van der Waals surface area contributed by atoms with Gasteiger partial charge in [0.25, 0.3) is 0 Å². The van der Waals surface area contributed by atoms with Gasteiger partial charge in [-0.3, -0.25) is 9.59 Å². The first-order chi connectivity index (χ1) is 16.3. The van der Waals surface area contributed by atoms with Gasteiger partial charge in [-0.15, -0.1) is 5.10 Å². The fourth-order valence-electron chi connectivity index (χ4n) is 3.84. The van der Waals surface area contributed by atoms with Gasteiger partial charge in [-0.25, -0.2) is 4.39 Å². The van der Waals surface area contributed by atoms with Gasteiger partial charge in [-0.05, 0) is 66.3 Å². The van der Waals surface area contributed by atoms with Crippen molar-refractivity contribution in [2.45, 2.75) is 13.0 Å². The summed E-state index contributed by atoms with van der Waals surface area (Å²) in [6.07, 6.45) is 4.62. The number of rotatable bonds is 6. The minimum Gasteiger partial charge on any atom is -0.334 e. The maximum Gasteiger partial charge on any atom is 0.246 e. The average molecular weight is 484 g/mol. The highest BCUT2D eigenvalue weighted by Gasteiger charge is 2.22. The summed E-state index contributed by atoms with van der Waals surface area (Å²) in [5.74, 6) is -1.03. The van der Waals surface area contributed by atoms with Gasteiger partial charge in [-0.2, -0.15) is 4.68 Å². The van der Waals surface area contributed by atoms with Gasteiger partial charge < -0.3 is 15.1 Å². The first kappa shape index (κ1) is 23.5. The molecule has 34 heavy (non-hydrogen) atoms. The maximum absolute atomic E-state index is 14.7. The number of nitrogens with one attached hydrogen (secondary N) is 1. The number of tetrazole rings is 1. The summed E-state index contributed by atoms with van der Waals surface area (Å²) in [6, 6.07) is 8.64. The van der Waals surface area contributed by atoms with Gasteiger partial charge in [-0.1, -0.05) is 23.7 Å². The Morgan fingerprint density at radius 3 is 2.82 bits per heavy atom. The Hall–Kier alpha value is -3.63. The van der Waals surface area contributed by atoms with Crippen molar-refractivity contribution >= 4 is 35.2 Å². The summed E-state index contributed by atoms with van der Waals surface area (Å²) in [5, 5.41) is 13.8. The quantitative estimate of drug-likeness (QED) is 0.541. The van der Waals surface area contributed by atoms with Gasteiger partial charge in [0, 0.05) is 30.4 Å². The molecule has 1 aliphatic rings. The van der Waals surface area contributed by atoms with E-state index in [2.05, 4.69) is 20.8 Å². The first-order valence-corrected chi connectivity index (χ1v) is 10.9. The van der Waals surface area contributed by atoms with E-state index < -0.39 is 5.82 Å². The van der Waals surface area contributed by atoms with Crippen LogP contribution in [0.3, 0.4) is 0 Å². The molecule has 2 heterocycles. The molecule has 0 radical (unpaired) electrons. The summed E-state index contributed by atoms with van der Waals surface area (Å²) < 4.78 is 16.0. The zero-order chi connectivity index (χ0) is 24.2. The molecule has 3 aromatic rings. The number of anilines is 1. The Labute approximate surface area is 200 Å². The van der Waals surface area contributed by atoms with Crippen molar-refractivity contribution < 1.29 is 14.0 Å². The number of halogens is 2. The van der Waals surface area contributed by atoms with E-state index in [4.69, 9.17) is 11.6 Å². The molecule has 2 amide bonds. The Morgan fingerprint density at radius 1 is 1.26 bits per heavy atom. The van der Waals surface area contributed by atoms with Crippen LogP contribution < -0.4 is 5.32 Å². The fourth-order valence-corrected chi connectivity index (χ4v) is 4.00. The van der Waals surface area contributed by atoms with Crippen molar-refractivity contribution in [1.29, 1.82) is 0 Å². The lowest BCUT2D eigenvalue weighted by Gasteiger charge is -2.29. The Bertz CT molecular complexity index is 1240. The SMILES string of the molecule is CN(C)CC(=O)Nc1cccc2c1CCN(C(=O)C=Cc1c(-n3cnnn3)ccc(Cl)c1F)C2. The predicted octanol–water partition coefficient (Wildman–Crippen LogP) is 2.55. The van der Waals surface area contributed by atoms with Gasteiger partial charge in [0.1, 0.15) is 6.33 Å². The molecule has 1 aromatic heterocycles. The van der Waals surface area contributed by atoms with E-state index in [0.29, 0.717) is 25.2 Å². The lowest BCUT2D eigenvalue weighted by Crippen LogP contribution is -2.35. The number of hydrogen-bond acceptors (Lipinski definition) is 6. The molecule has 9 nitrogen and oxygen atoms in total. The van der Waals surface area contributed by atoms with Crippen LogP contribution in [0.15, 0.2) is 42.7 Å². The first-order valence-electron chi connectivity index (χ1n) is 10.6. The third kappa shape index (κ3) is 5.13. The molecular formula is C23H23ClFN7O2. The smallest absolute Gasteiger partial charge is 0.246 e. The minimum absolute atomic E-state index is 0.0698. The van der Waals surface area contributed by atoms with Crippen LogP contribution in [0, 0.1) is 5.82 Å². The van der Waals surface area contributed by atoms with Crippen LogP contribution in [0.25, 0.3) is 11.8 Å². The summed E-state index contributed by atoms with van der Waals surface area (Å²) in [4.78, 5) is 28.6. The number of likely N-dealkylation sites (N-methyl/N-ethyl adjacent to an activating group) is 1. The molecule has 0 bridgehead atoms. The molecule has 0 fully saturated rings. The molecule has 0 atom stereocenters. The minimum atomic E-state index is -0.666. The van der Waals surface area contributed by atoms with Crippen LogP contribution in [0.4, 0.5) is 10.1 Å². The third-order valence-corrected chi connectivity index (χ3v) is 5.70. The topological polar surface area (TPSA) is 96.2 Å². The van der Waals surface area contributed by atoms with Crippen molar-refractivity contribution in [1.82, 2.24) is 30.0 Å². The number of hydrogen-bond donors (Lipinski definition) is 1. The number of carbonyl (C=O) groups excluding carboxylic acids is 2. The van der Waals surface area contributed by atoms with Crippen molar-refractivity contribution in [3.8, 4) is 5.69 Å². The molecule has 0 saturated carbocycles. The molecule has 176 valence electrons. The van der Waals surface area contributed by atoms with Gasteiger partial charge in [0.05, 0.1) is 17.3 Å². The second-order valence-electron chi connectivity index (χ2n) is 8.12. The summed E-state index contributed by atoms with van der Waals surface area (Å²) in [6.45, 7) is 1.13. The Morgan fingerprint density at radius 2 is 2.09 bits per heavy atom. The average Bonchev–Trinajstić information content (AvgIpc) is 3.34. The highest BCUT2D eigenvalue weighted by atomic mass is 35.5. The number of aromatic nitrogens is 4. The fraction of sp³-hybridized carbons (Fsp3) is 0.261. The number of fused-ring (bicyclic) bond motifs is 1. The van der Waals surface area contributed by atoms with E-state index in [1.807, 2.05) is 32.3 Å². The number of amides is 2. The molecule has 1 aliphatic heterocycles. The van der Waals surface area contributed by atoms with Crippen molar-refractivity contribution in [3.63, 3.8) is 0 Å². The van der Waals surface area contributed by atoms with E-state index in [0.717, 1.165) is 16.8 Å². The molecular weight excluding hydrogens is 461 g/mol. The molecule has 1 N–H and O–H groups in total. The van der Waals surface area contributed by atoms with E-state index in [-0.39, 0.29) is 28.9 Å². The Balaban J connectivity index is 1.51. The van der Waals surface area contributed by atoms with Crippen LogP contribution in [0.5, 0.6) is 0 Å². The zero-order valence-electron chi connectivity index (χ0n) is 18.7. The van der Waals surface area contributed by atoms with E-state index in [1.165, 1.54) is 29.2 Å². The standard InChI is InChI=1S/C23H23ClFN7O2/c1-30(2)13-21(33)27-19-5-3-4-15-12-31(11-10-16(15)19)22(34)9-6-17-20(32-14-26-28-29-32)8-7-18(24)23(17)25/h3-9,14H,10-13H2,1-2H3,(H,27,33). The van der Waals surface area contributed by atoms with E-state index >= 15 is 0 Å². The predicted molar refractivity (Wildman–Crippen MR) is 126 cm³/mol. The molecule has 11 heteroatoms. The zero-order valence-corrected chi connectivity index (χ0v) is 19.5. The maximum atomic E-state index is 14.7. The van der Waals surface area contributed by atoms with Crippen molar-refractivity contribution in [3.05, 3.63) is 70.3 Å². The Kier molecular flexibility index (Phi) is 6.99. The van der Waals surface area contributed by atoms with Crippen LogP contribution >= 0.6 is 11.6 Å². The van der Waals surface area contributed by atoms with Gasteiger partial charge in [0.2, 0.25) is 11.8 Å². The van der Waals surface area contributed by atoms with E-state index in [9.17, 15) is 14.0 Å². The third-order valence-electron chi connectivity index (χ3n) is 5.41. The van der Waals surface area contributed by atoms with Crippen LogP contribution in [0.1, 0.15) is 16.7 Å². The molecule has 4 rings (SSSR count). The number of carbonyl (C=O) groups is 2. The molecule has 0 saturated heterocycles. The molecule has 2 aromatic carbocycles. The monoisotopic (exact) mass is 483 g/mol. The van der Waals surface area contributed by atoms with Crippen LogP contribution in [-0.2, 0) is 22.6 Å². The summed E-state index contributed by atoms with van der Waals surface area (Å²) in [7, 11) is 3.66. The molecule has 0 aliphatic carbocycles. The highest BCUT2D eigenvalue weighted by molar-refractivity contribution is 6.31. The summed E-state index contributed by atoms with van der Waals surface area (Å²) in [5.41, 5.74) is 3.21. The lowest BCUT2D eigenvalue weighted by molar-refractivity contribution is -0.126. The van der Waals surface area contributed by atoms with E-state index in [1.54, 1.807) is 15.9 Å². The van der Waals surface area contributed by atoms with Crippen molar-refractivity contribution in [2.75, 3.05) is 32.5 Å². The summed E-state index contributed by atoms with van der Waals surface area (Å²) >= 11 is 5.95. The van der Waals surface area contributed by atoms with Crippen LogP contribution in [0.2, 0.25) is 5.02 Å². The van der Waals surface area contributed by atoms with Crippen LogP contribution in [-0.4, -0.2) is 69.0 Å². The normalized spacial score (nSPS) is 13.4. The highest BCUT2D eigenvalue weighted by Crippen LogP contribution is 2.28. The van der Waals surface area contributed by atoms with Crippen molar-refractivity contribution in [2.24, 2.45) is 0 Å². The second-order valence-corrected chi connectivity index (χ2v) is 8.53. The molecule has 0 unspecified atom stereocenters. The second kappa shape index (κ2) is 10.1.